The minimum absolute atomic E-state index is 0.182. The molecule has 0 aromatic heterocycles. The zero-order chi connectivity index (χ0) is 13.9. The van der Waals surface area contributed by atoms with Crippen LogP contribution in [0.2, 0.25) is 0 Å². The molecule has 2 heteroatoms. The van der Waals surface area contributed by atoms with E-state index in [9.17, 15) is 0 Å². The topological polar surface area (TPSA) is 29.3 Å². The van der Waals surface area contributed by atoms with E-state index in [-0.39, 0.29) is 6.04 Å². The Labute approximate surface area is 121 Å². The molecule has 0 spiro atoms. The van der Waals surface area contributed by atoms with E-state index in [4.69, 9.17) is 5.73 Å². The third-order valence-corrected chi connectivity index (χ3v) is 4.31. The van der Waals surface area contributed by atoms with Crippen LogP contribution in [0.4, 0.5) is 0 Å². The Kier molecular flexibility index (Phi) is 3.86. The van der Waals surface area contributed by atoms with Gasteiger partial charge >= 0.3 is 0 Å². The zero-order valence-corrected chi connectivity index (χ0v) is 12.0. The molecule has 2 aromatic carbocycles. The van der Waals surface area contributed by atoms with Gasteiger partial charge in [0.25, 0.3) is 0 Å². The fourth-order valence-electron chi connectivity index (χ4n) is 3.25. The number of benzene rings is 2. The molecule has 1 aliphatic rings. The standard InChI is InChI=1S/C18H22N2/c1-2-20(13-14-8-4-3-5-9-14)18-12-17(19)15-10-6-7-11-16(15)18/h3-11,17-18H,2,12-13,19H2,1H3. The van der Waals surface area contributed by atoms with Crippen molar-refractivity contribution in [1.29, 1.82) is 0 Å². The molecule has 0 saturated heterocycles. The first-order chi connectivity index (χ1) is 9.79. The quantitative estimate of drug-likeness (QED) is 0.915. The van der Waals surface area contributed by atoms with Crippen LogP contribution in [0, 0.1) is 0 Å². The summed E-state index contributed by atoms with van der Waals surface area (Å²) < 4.78 is 0. The number of nitrogens with two attached hydrogens (primary N) is 1. The van der Waals surface area contributed by atoms with Crippen molar-refractivity contribution in [3.63, 3.8) is 0 Å². The number of hydrogen-bond donors (Lipinski definition) is 1. The number of rotatable bonds is 4. The van der Waals surface area contributed by atoms with Crippen LogP contribution in [-0.2, 0) is 6.54 Å². The van der Waals surface area contributed by atoms with E-state index < -0.39 is 0 Å². The summed E-state index contributed by atoms with van der Waals surface area (Å²) in [4.78, 5) is 2.53. The maximum Gasteiger partial charge on any atom is 0.0372 e. The lowest BCUT2D eigenvalue weighted by molar-refractivity contribution is 0.193. The average molecular weight is 266 g/mol. The maximum absolute atomic E-state index is 6.30. The van der Waals surface area contributed by atoms with Crippen LogP contribution in [0.15, 0.2) is 54.6 Å². The molecule has 2 N–H and O–H groups in total. The van der Waals surface area contributed by atoms with Gasteiger partial charge in [0.1, 0.15) is 0 Å². The van der Waals surface area contributed by atoms with E-state index >= 15 is 0 Å². The van der Waals surface area contributed by atoms with E-state index in [1.807, 2.05) is 0 Å². The summed E-state index contributed by atoms with van der Waals surface area (Å²) >= 11 is 0. The highest BCUT2D eigenvalue weighted by Crippen LogP contribution is 2.41. The van der Waals surface area contributed by atoms with Crippen molar-refractivity contribution in [3.05, 3.63) is 71.3 Å². The van der Waals surface area contributed by atoms with Crippen LogP contribution in [0.1, 0.15) is 42.1 Å². The summed E-state index contributed by atoms with van der Waals surface area (Å²) in [6.45, 7) is 4.26. The van der Waals surface area contributed by atoms with Gasteiger partial charge in [0, 0.05) is 18.6 Å². The monoisotopic (exact) mass is 266 g/mol. The minimum Gasteiger partial charge on any atom is -0.324 e. The second-order valence-corrected chi connectivity index (χ2v) is 5.54. The van der Waals surface area contributed by atoms with E-state index in [2.05, 4.69) is 66.4 Å². The average Bonchev–Trinajstić information content (AvgIpc) is 2.84. The lowest BCUT2D eigenvalue weighted by Crippen LogP contribution is -2.27. The third kappa shape index (κ3) is 2.49. The highest BCUT2D eigenvalue weighted by Gasteiger charge is 2.31. The fourth-order valence-corrected chi connectivity index (χ4v) is 3.25. The highest BCUT2D eigenvalue weighted by atomic mass is 15.2. The van der Waals surface area contributed by atoms with Crippen molar-refractivity contribution in [2.24, 2.45) is 5.73 Å². The summed E-state index contributed by atoms with van der Waals surface area (Å²) in [5.74, 6) is 0. The molecule has 0 saturated carbocycles. The van der Waals surface area contributed by atoms with Crippen LogP contribution < -0.4 is 5.73 Å². The van der Waals surface area contributed by atoms with E-state index in [1.165, 1.54) is 16.7 Å². The van der Waals surface area contributed by atoms with Gasteiger partial charge < -0.3 is 5.73 Å². The van der Waals surface area contributed by atoms with E-state index in [1.54, 1.807) is 0 Å². The smallest absolute Gasteiger partial charge is 0.0372 e. The van der Waals surface area contributed by atoms with E-state index in [0.717, 1.165) is 19.5 Å². The molecule has 3 rings (SSSR count). The third-order valence-electron chi connectivity index (χ3n) is 4.31. The molecule has 2 aromatic rings. The Balaban J connectivity index is 1.84. The van der Waals surface area contributed by atoms with Crippen LogP contribution in [-0.4, -0.2) is 11.4 Å². The van der Waals surface area contributed by atoms with Gasteiger partial charge in [-0.3, -0.25) is 4.90 Å². The van der Waals surface area contributed by atoms with Crippen molar-refractivity contribution in [2.75, 3.05) is 6.54 Å². The minimum atomic E-state index is 0.182. The Morgan fingerprint density at radius 2 is 1.65 bits per heavy atom. The second-order valence-electron chi connectivity index (χ2n) is 5.54. The van der Waals surface area contributed by atoms with Crippen LogP contribution >= 0.6 is 0 Å². The molecular formula is C18H22N2. The van der Waals surface area contributed by atoms with Gasteiger partial charge in [0.15, 0.2) is 0 Å². The molecule has 2 atom stereocenters. The van der Waals surface area contributed by atoms with Gasteiger partial charge in [-0.25, -0.2) is 0 Å². The van der Waals surface area contributed by atoms with Crippen molar-refractivity contribution >= 4 is 0 Å². The van der Waals surface area contributed by atoms with Gasteiger partial charge in [-0.1, -0.05) is 61.5 Å². The first kappa shape index (κ1) is 13.3. The molecule has 104 valence electrons. The van der Waals surface area contributed by atoms with Crippen molar-refractivity contribution in [1.82, 2.24) is 4.90 Å². The predicted octanol–water partition coefficient (Wildman–Crippen LogP) is 3.65. The SMILES string of the molecule is CCN(Cc1ccccc1)C1CC(N)c2ccccc21. The Morgan fingerprint density at radius 1 is 1.00 bits per heavy atom. The zero-order valence-electron chi connectivity index (χ0n) is 12.0. The first-order valence-corrected chi connectivity index (χ1v) is 7.42. The molecule has 0 aliphatic heterocycles. The highest BCUT2D eigenvalue weighted by molar-refractivity contribution is 5.37. The normalized spacial score (nSPS) is 21.1. The molecule has 2 nitrogen and oxygen atoms in total. The van der Waals surface area contributed by atoms with Crippen LogP contribution in [0.25, 0.3) is 0 Å². The van der Waals surface area contributed by atoms with Gasteiger partial charge in [0.2, 0.25) is 0 Å². The molecule has 0 amide bonds. The van der Waals surface area contributed by atoms with Crippen molar-refractivity contribution in [3.8, 4) is 0 Å². The molecule has 0 bridgehead atoms. The molecule has 0 radical (unpaired) electrons. The Bertz CT molecular complexity index is 565. The van der Waals surface area contributed by atoms with Gasteiger partial charge in [0.05, 0.1) is 0 Å². The molecule has 20 heavy (non-hydrogen) atoms. The van der Waals surface area contributed by atoms with Crippen LogP contribution in [0.5, 0.6) is 0 Å². The van der Waals surface area contributed by atoms with E-state index in [0.29, 0.717) is 6.04 Å². The van der Waals surface area contributed by atoms with Gasteiger partial charge in [-0.2, -0.15) is 0 Å². The second kappa shape index (κ2) is 5.78. The lowest BCUT2D eigenvalue weighted by Gasteiger charge is -2.28. The van der Waals surface area contributed by atoms with Gasteiger partial charge in [-0.05, 0) is 29.7 Å². The largest absolute Gasteiger partial charge is 0.324 e. The Morgan fingerprint density at radius 3 is 2.35 bits per heavy atom. The summed E-state index contributed by atoms with van der Waals surface area (Å²) in [6, 6.07) is 19.9. The number of hydrogen-bond acceptors (Lipinski definition) is 2. The number of fused-ring (bicyclic) bond motifs is 1. The van der Waals surface area contributed by atoms with Gasteiger partial charge in [-0.15, -0.1) is 0 Å². The Hall–Kier alpha value is -1.64. The van der Waals surface area contributed by atoms with Crippen molar-refractivity contribution in [2.45, 2.75) is 32.0 Å². The van der Waals surface area contributed by atoms with Crippen LogP contribution in [0.3, 0.4) is 0 Å². The summed E-state index contributed by atoms with van der Waals surface area (Å²) in [5, 5.41) is 0. The summed E-state index contributed by atoms with van der Waals surface area (Å²) in [7, 11) is 0. The molecule has 0 fully saturated rings. The predicted molar refractivity (Wildman–Crippen MR) is 83.3 cm³/mol. The first-order valence-electron chi connectivity index (χ1n) is 7.42. The lowest BCUT2D eigenvalue weighted by atomic mass is 10.1. The number of nitrogens with zero attached hydrogens (tertiary/aromatic N) is 1. The molecular weight excluding hydrogens is 244 g/mol. The molecule has 2 unspecified atom stereocenters. The fraction of sp³-hybridized carbons (Fsp3) is 0.333. The summed E-state index contributed by atoms with van der Waals surface area (Å²) in [6.07, 6.45) is 1.03. The van der Waals surface area contributed by atoms with Crippen molar-refractivity contribution < 1.29 is 0 Å². The summed E-state index contributed by atoms with van der Waals surface area (Å²) in [5.41, 5.74) is 10.4. The molecule has 1 aliphatic carbocycles. The maximum atomic E-state index is 6.30. The molecule has 0 heterocycles.